The Labute approximate surface area is 189 Å². The predicted molar refractivity (Wildman–Crippen MR) is 129 cm³/mol. The van der Waals surface area contributed by atoms with Gasteiger partial charge in [-0.2, -0.15) is 0 Å². The van der Waals surface area contributed by atoms with Gasteiger partial charge in [-0.1, -0.05) is 51.1 Å². The van der Waals surface area contributed by atoms with Crippen LogP contribution in [0, 0.1) is 6.92 Å². The van der Waals surface area contributed by atoms with Gasteiger partial charge in [0, 0.05) is 23.9 Å². The Bertz CT molecular complexity index is 1310. The molecule has 0 aliphatic carbocycles. The van der Waals surface area contributed by atoms with E-state index in [1.165, 1.54) is 6.26 Å². The number of anilines is 1. The lowest BCUT2D eigenvalue weighted by molar-refractivity contribution is 0.553. The Morgan fingerprint density at radius 2 is 1.75 bits per heavy atom. The van der Waals surface area contributed by atoms with Crippen LogP contribution in [0.25, 0.3) is 17.1 Å². The second-order valence-corrected chi connectivity index (χ2v) is 11.1. The van der Waals surface area contributed by atoms with Crippen molar-refractivity contribution < 1.29 is 8.42 Å². The molecule has 32 heavy (non-hydrogen) atoms. The van der Waals surface area contributed by atoms with Crippen molar-refractivity contribution in [3.63, 3.8) is 0 Å². The first-order valence-corrected chi connectivity index (χ1v) is 12.4. The van der Waals surface area contributed by atoms with Gasteiger partial charge in [-0.15, -0.1) is 0 Å². The Hall–Kier alpha value is -3.19. The molecule has 0 radical (unpaired) electrons. The second-order valence-electron chi connectivity index (χ2n) is 9.09. The van der Waals surface area contributed by atoms with E-state index in [9.17, 15) is 8.42 Å². The first kappa shape index (κ1) is 22.0. The average Bonchev–Trinajstić information content (AvgIpc) is 3.19. The van der Waals surface area contributed by atoms with E-state index in [4.69, 9.17) is 9.97 Å². The van der Waals surface area contributed by atoms with Crippen molar-refractivity contribution in [2.75, 3.05) is 17.7 Å². The molecule has 0 atom stereocenters. The highest BCUT2D eigenvalue weighted by atomic mass is 32.2. The molecule has 6 nitrogen and oxygen atoms in total. The molecule has 4 rings (SSSR count). The van der Waals surface area contributed by atoms with E-state index in [0.717, 1.165) is 40.0 Å². The number of sulfone groups is 1. The maximum atomic E-state index is 11.9. The highest BCUT2D eigenvalue weighted by molar-refractivity contribution is 7.90. The Morgan fingerprint density at radius 3 is 2.38 bits per heavy atom. The van der Waals surface area contributed by atoms with Crippen LogP contribution in [0.4, 0.5) is 5.82 Å². The topological polar surface area (TPSA) is 79.0 Å². The largest absolute Gasteiger partial charge is 0.338 e. The monoisotopic (exact) mass is 448 g/mol. The van der Waals surface area contributed by atoms with Crippen LogP contribution >= 0.6 is 0 Å². The van der Waals surface area contributed by atoms with Crippen LogP contribution in [0.3, 0.4) is 0 Å². The van der Waals surface area contributed by atoms with E-state index in [1.54, 1.807) is 12.1 Å². The minimum Gasteiger partial charge on any atom is -0.338 e. The summed E-state index contributed by atoms with van der Waals surface area (Å²) in [7, 11) is -3.25. The van der Waals surface area contributed by atoms with Crippen molar-refractivity contribution in [2.45, 2.75) is 38.0 Å². The molecule has 1 aromatic carbocycles. The van der Waals surface area contributed by atoms with E-state index in [1.807, 2.05) is 49.4 Å². The molecule has 166 valence electrons. The van der Waals surface area contributed by atoms with Crippen molar-refractivity contribution in [2.24, 2.45) is 0 Å². The third-order valence-electron chi connectivity index (χ3n) is 5.34. The van der Waals surface area contributed by atoms with Crippen LogP contribution < -0.4 is 4.90 Å². The number of nitrogens with one attached hydrogen (secondary N) is 1. The normalized spacial score (nSPS) is 14.5. The zero-order chi connectivity index (χ0) is 23.1. The first-order chi connectivity index (χ1) is 15.0. The molecule has 1 aliphatic rings. The molecule has 1 aliphatic heterocycles. The van der Waals surface area contributed by atoms with E-state index in [2.05, 4.69) is 36.7 Å². The number of H-pyrrole nitrogens is 1. The number of allylic oxidation sites excluding steroid dienone is 2. The molecular formula is C25H28N4O2S. The zero-order valence-electron chi connectivity index (χ0n) is 19.0. The van der Waals surface area contributed by atoms with Gasteiger partial charge in [-0.25, -0.2) is 13.4 Å². The average molecular weight is 449 g/mol. The number of aromatic amines is 1. The Morgan fingerprint density at radius 1 is 1.03 bits per heavy atom. The smallest absolute Gasteiger partial charge is 0.175 e. The summed E-state index contributed by atoms with van der Waals surface area (Å²) in [5, 5.41) is 0. The molecule has 3 aromatic rings. The highest BCUT2D eigenvalue weighted by Crippen LogP contribution is 2.36. The maximum absolute atomic E-state index is 11.9. The molecule has 0 amide bonds. The van der Waals surface area contributed by atoms with Crippen molar-refractivity contribution in [1.29, 1.82) is 0 Å². The lowest BCUT2D eigenvalue weighted by atomic mass is 9.96. The summed E-state index contributed by atoms with van der Waals surface area (Å²) in [4.78, 5) is 15.7. The molecule has 0 saturated carbocycles. The molecule has 0 fully saturated rings. The van der Waals surface area contributed by atoms with Gasteiger partial charge in [0.25, 0.3) is 0 Å². The fourth-order valence-electron chi connectivity index (χ4n) is 3.61. The number of nitrogens with zero attached hydrogens (tertiary/aromatic N) is 3. The molecule has 3 heterocycles. The molecule has 2 aromatic heterocycles. The third kappa shape index (κ3) is 4.39. The van der Waals surface area contributed by atoms with Crippen LogP contribution in [0.2, 0.25) is 0 Å². The number of pyridine rings is 1. The summed E-state index contributed by atoms with van der Waals surface area (Å²) >= 11 is 0. The van der Waals surface area contributed by atoms with Gasteiger partial charge in [0.2, 0.25) is 0 Å². The lowest BCUT2D eigenvalue weighted by Gasteiger charge is -2.27. The number of hydrogen-bond donors (Lipinski definition) is 1. The quantitative estimate of drug-likeness (QED) is 0.614. The fourth-order valence-corrected chi connectivity index (χ4v) is 4.25. The van der Waals surface area contributed by atoms with Crippen LogP contribution in [0.5, 0.6) is 0 Å². The van der Waals surface area contributed by atoms with Crippen molar-refractivity contribution in [3.8, 4) is 11.4 Å². The number of aryl methyl sites for hydroxylation is 1. The van der Waals surface area contributed by atoms with Gasteiger partial charge in [0.15, 0.2) is 15.7 Å². The Kier molecular flexibility index (Phi) is 5.54. The van der Waals surface area contributed by atoms with Gasteiger partial charge in [-0.3, -0.25) is 4.98 Å². The summed E-state index contributed by atoms with van der Waals surface area (Å²) in [6.07, 6.45) is 7.33. The van der Waals surface area contributed by atoms with Gasteiger partial charge in [-0.05, 0) is 42.8 Å². The van der Waals surface area contributed by atoms with Crippen molar-refractivity contribution >= 4 is 21.4 Å². The van der Waals surface area contributed by atoms with Gasteiger partial charge >= 0.3 is 0 Å². The molecule has 0 unspecified atom stereocenters. The van der Waals surface area contributed by atoms with E-state index in [0.29, 0.717) is 11.4 Å². The number of hydrogen-bond acceptors (Lipinski definition) is 5. The van der Waals surface area contributed by atoms with E-state index >= 15 is 0 Å². The van der Waals surface area contributed by atoms with Crippen molar-refractivity contribution in [1.82, 2.24) is 15.0 Å². The molecule has 0 spiro atoms. The van der Waals surface area contributed by atoms with Crippen LogP contribution in [0.1, 0.15) is 37.9 Å². The van der Waals surface area contributed by atoms with Crippen LogP contribution in [-0.4, -0.2) is 36.2 Å². The number of aromatic nitrogens is 3. The fraction of sp³-hybridized carbons (Fsp3) is 0.280. The standard InChI is InChI=1S/C25H28N4O2S/c1-17-9-8-10-20(26-17)22-23(28-24(27-22)25(2,3)4)29-16-7-6-11-21(29)18-12-14-19(15-13-18)32(5,30)31/h6-15H,16H2,1-5H3,(H,27,28). The minimum absolute atomic E-state index is 0.163. The summed E-state index contributed by atoms with van der Waals surface area (Å²) in [5.74, 6) is 1.68. The van der Waals surface area contributed by atoms with Gasteiger partial charge in [0.1, 0.15) is 11.5 Å². The van der Waals surface area contributed by atoms with Crippen molar-refractivity contribution in [3.05, 3.63) is 77.8 Å². The lowest BCUT2D eigenvalue weighted by Crippen LogP contribution is -2.25. The molecule has 7 heteroatoms. The number of rotatable bonds is 4. The third-order valence-corrected chi connectivity index (χ3v) is 6.47. The minimum atomic E-state index is -3.25. The van der Waals surface area contributed by atoms with E-state index < -0.39 is 9.84 Å². The zero-order valence-corrected chi connectivity index (χ0v) is 19.9. The molecular weight excluding hydrogens is 420 g/mol. The van der Waals surface area contributed by atoms with E-state index in [-0.39, 0.29) is 5.41 Å². The SMILES string of the molecule is Cc1cccc(-c2[nH]c(C(C)(C)C)nc2N2CC=CC=C2c2ccc(S(C)(=O)=O)cc2)n1. The first-order valence-electron chi connectivity index (χ1n) is 10.5. The second kappa shape index (κ2) is 8.06. The van der Waals surface area contributed by atoms with Crippen LogP contribution in [0.15, 0.2) is 65.6 Å². The molecule has 0 bridgehead atoms. The molecule has 1 N–H and O–H groups in total. The number of imidazole rings is 1. The summed E-state index contributed by atoms with van der Waals surface area (Å²) < 4.78 is 23.7. The summed E-state index contributed by atoms with van der Waals surface area (Å²) in [6, 6.07) is 12.9. The summed E-state index contributed by atoms with van der Waals surface area (Å²) in [5.41, 5.74) is 4.35. The van der Waals surface area contributed by atoms with Gasteiger partial charge < -0.3 is 9.88 Å². The maximum Gasteiger partial charge on any atom is 0.175 e. The summed E-state index contributed by atoms with van der Waals surface area (Å²) in [6.45, 7) is 8.99. The highest BCUT2D eigenvalue weighted by Gasteiger charge is 2.27. The van der Waals surface area contributed by atoms with Gasteiger partial charge in [0.05, 0.1) is 16.3 Å². The number of benzene rings is 1. The predicted octanol–water partition coefficient (Wildman–Crippen LogP) is 4.90. The Balaban J connectivity index is 1.83. The molecule has 0 saturated heterocycles. The van der Waals surface area contributed by atoms with Crippen LogP contribution in [-0.2, 0) is 15.3 Å².